The number of rotatable bonds is 23. The van der Waals surface area contributed by atoms with E-state index in [1.54, 1.807) is 60.6 Å². The number of hydrogen-bond acceptors (Lipinski definition) is 15. The predicted molar refractivity (Wildman–Crippen MR) is 301 cm³/mol. The number of carbonyl (C=O) groups is 8. The van der Waals surface area contributed by atoms with E-state index in [4.69, 9.17) is 46.0 Å². The number of aliphatic hydroxyl groups is 1. The van der Waals surface area contributed by atoms with E-state index < -0.39 is 77.7 Å². The van der Waals surface area contributed by atoms with E-state index in [1.165, 1.54) is 27.7 Å². The van der Waals surface area contributed by atoms with Crippen molar-refractivity contribution in [3.05, 3.63) is 143 Å². The lowest BCUT2D eigenvalue weighted by Gasteiger charge is -2.23. The number of nitrogens with one attached hydrogen (secondary N) is 3. The molecule has 0 heterocycles. The molecular formula is C60H83N5O14. The number of benzene rings is 4. The Hall–Kier alpha value is -7.77. The number of Topliss-reactive ketones (excluding diaryl/α,β-unsaturated/α-hetero) is 3. The number of amidine groups is 1. The third-order valence-electron chi connectivity index (χ3n) is 11.1. The van der Waals surface area contributed by atoms with Crippen LogP contribution in [0.25, 0.3) is 0 Å². The van der Waals surface area contributed by atoms with Crippen molar-refractivity contribution < 1.29 is 67.5 Å². The topological polar surface area (TPSA) is 314 Å². The minimum Gasteiger partial charge on any atom is -0.480 e. The van der Waals surface area contributed by atoms with Gasteiger partial charge < -0.3 is 51.3 Å². The van der Waals surface area contributed by atoms with Crippen LogP contribution < -0.4 is 22.1 Å². The summed E-state index contributed by atoms with van der Waals surface area (Å²) in [6.07, 6.45) is -0.141. The lowest BCUT2D eigenvalue weighted by atomic mass is 10.0. The van der Waals surface area contributed by atoms with Gasteiger partial charge in [0.05, 0.1) is 0 Å². The maximum Gasteiger partial charge on any atom is 0.408 e. The summed E-state index contributed by atoms with van der Waals surface area (Å²) < 4.78 is 20.6. The Balaban J connectivity index is 0.000000568. The summed E-state index contributed by atoms with van der Waals surface area (Å²) >= 11 is 0. The van der Waals surface area contributed by atoms with Crippen molar-refractivity contribution in [3.8, 4) is 0 Å². The van der Waals surface area contributed by atoms with E-state index in [9.17, 15) is 38.4 Å². The number of carboxylic acids is 1. The van der Waals surface area contributed by atoms with Crippen molar-refractivity contribution in [2.75, 3.05) is 0 Å². The Kier molecular flexibility index (Phi) is 31.2. The van der Waals surface area contributed by atoms with Crippen molar-refractivity contribution in [1.29, 1.82) is 5.41 Å². The number of carboxylic acid groups (broad SMARTS) is 1. The van der Waals surface area contributed by atoms with Crippen LogP contribution in [0.15, 0.2) is 115 Å². The maximum absolute atomic E-state index is 12.3. The Labute approximate surface area is 465 Å². The molecule has 0 unspecified atom stereocenters. The van der Waals surface area contributed by atoms with Crippen LogP contribution in [0, 0.1) is 5.41 Å². The number of nitrogens with two attached hydrogens (primary N) is 2. The quantitative estimate of drug-likeness (QED) is 0.0160. The minimum atomic E-state index is -1.06. The zero-order valence-electron chi connectivity index (χ0n) is 47.5. The molecule has 0 saturated heterocycles. The fraction of sp³-hybridized carbons (Fsp3) is 0.450. The molecule has 0 radical (unpaired) electrons. The van der Waals surface area contributed by atoms with Gasteiger partial charge in [-0.15, -0.1) is 0 Å². The average molecular weight is 1100 g/mol. The van der Waals surface area contributed by atoms with Crippen molar-refractivity contribution in [3.63, 3.8) is 0 Å². The molecule has 0 bridgehead atoms. The van der Waals surface area contributed by atoms with Gasteiger partial charge in [0, 0.05) is 12.0 Å². The van der Waals surface area contributed by atoms with Gasteiger partial charge in [-0.3, -0.25) is 24.6 Å². The van der Waals surface area contributed by atoms with E-state index >= 15 is 0 Å². The van der Waals surface area contributed by atoms with Crippen molar-refractivity contribution in [2.24, 2.45) is 11.5 Å². The lowest BCUT2D eigenvalue weighted by Crippen LogP contribution is -2.45. The number of amides is 2. The molecule has 0 aliphatic heterocycles. The first kappa shape index (κ1) is 69.2. The predicted octanol–water partition coefficient (Wildman–Crippen LogP) is 7.95. The van der Waals surface area contributed by atoms with Gasteiger partial charge in [-0.2, -0.15) is 0 Å². The Morgan fingerprint density at radius 2 is 0.911 bits per heavy atom. The normalized spacial score (nSPS) is 13.0. The van der Waals surface area contributed by atoms with Crippen LogP contribution in [0.4, 0.5) is 9.59 Å². The number of esters is 2. The van der Waals surface area contributed by atoms with E-state index in [0.29, 0.717) is 50.5 Å². The number of ketones is 3. The number of alkyl carbamates (subject to hydrolysis) is 2. The molecular weight excluding hydrogens is 1010 g/mol. The Morgan fingerprint density at radius 1 is 0.544 bits per heavy atom. The van der Waals surface area contributed by atoms with Crippen LogP contribution in [0.3, 0.4) is 0 Å². The molecule has 0 fully saturated rings. The highest BCUT2D eigenvalue weighted by molar-refractivity contribution is 5.95. The summed E-state index contributed by atoms with van der Waals surface area (Å²) in [6, 6.07) is 33.5. The number of ether oxygens (including phenoxy) is 4. The van der Waals surface area contributed by atoms with Crippen LogP contribution >= 0.6 is 0 Å². The maximum atomic E-state index is 12.3. The second kappa shape index (κ2) is 35.6. The molecule has 0 aliphatic rings. The van der Waals surface area contributed by atoms with Crippen molar-refractivity contribution in [1.82, 2.24) is 10.6 Å². The number of aliphatic carboxylic acids is 1. The second-order valence-corrected chi connectivity index (χ2v) is 20.5. The van der Waals surface area contributed by atoms with Gasteiger partial charge in [0.25, 0.3) is 0 Å². The molecule has 2 amide bonds. The van der Waals surface area contributed by atoms with Gasteiger partial charge in [0.15, 0.2) is 29.6 Å². The molecule has 0 saturated carbocycles. The van der Waals surface area contributed by atoms with Crippen molar-refractivity contribution in [2.45, 2.75) is 175 Å². The summed E-state index contributed by atoms with van der Waals surface area (Å²) in [5.41, 5.74) is 14.8. The molecule has 0 spiro atoms. The highest BCUT2D eigenvalue weighted by atomic mass is 16.6. The van der Waals surface area contributed by atoms with Crippen LogP contribution in [0.2, 0.25) is 0 Å². The Morgan fingerprint density at radius 3 is 1.28 bits per heavy atom. The Bertz CT molecular complexity index is 2530. The molecule has 4 rings (SSSR count). The van der Waals surface area contributed by atoms with Gasteiger partial charge in [-0.1, -0.05) is 115 Å². The summed E-state index contributed by atoms with van der Waals surface area (Å²) in [5.74, 6) is -2.85. The molecule has 19 nitrogen and oxygen atoms in total. The standard InChI is InChI=1S/C22H27N3O3.C19H27NO5.C15H21NO4.C4H8O2/c1-15(20(26)14-10-17-7-11-18(12-8-17)21(24)25)28-22(27)19(23)13-9-16-5-3-2-4-6-16;1-13(21)14(2)24-17(22)16(20-18(23)25-19(3,4)5)12-11-15-9-7-6-8-10-15;1-15(2,3)20-14(19)16-12(13(17)18)10-9-11-7-5-4-6-8-11;1-3(5)4(2)6/h2-8,11-12,15,19H,9-10,13-14,23H2,1H3,(H3,24,25);6-10,14,16H,11-12H2,1-5H3,(H,20,23);4-8,12H,9-10H2,1-3H3,(H,16,19)(H,17,18);3,5H,1-2H3/t15-,19+;14-,16+;12-;3-/m0010/s1. The number of nitrogen functional groups attached to an aromatic ring is 1. The fourth-order valence-electron chi connectivity index (χ4n) is 6.39. The van der Waals surface area contributed by atoms with Crippen LogP contribution in [0.1, 0.15) is 130 Å². The smallest absolute Gasteiger partial charge is 0.408 e. The highest BCUT2D eigenvalue weighted by Gasteiger charge is 2.28. The van der Waals surface area contributed by atoms with E-state index in [-0.39, 0.29) is 29.6 Å². The van der Waals surface area contributed by atoms with Crippen LogP contribution in [0.5, 0.6) is 0 Å². The summed E-state index contributed by atoms with van der Waals surface area (Å²) in [5, 5.41) is 29.7. The molecule has 0 aromatic heterocycles. The van der Waals surface area contributed by atoms with Gasteiger partial charge in [0.2, 0.25) is 0 Å². The van der Waals surface area contributed by atoms with E-state index in [0.717, 1.165) is 22.3 Å². The SMILES string of the molecule is CC(=O)[C@H](C)O.CC(=O)[C@H](C)OC(=O)[C@@H](CCc1ccccc1)NC(=O)OC(C)(C)C.CC(C)(C)OC(=O)N[C@H](CCc1ccccc1)C(=O)O.C[C@H](OC(=O)[C@H](N)CCc1ccccc1)C(=O)CCc1ccc(C(=N)N)cc1. The fourth-order valence-corrected chi connectivity index (χ4v) is 6.39. The molecule has 432 valence electrons. The van der Waals surface area contributed by atoms with Crippen molar-refractivity contribution >= 4 is 53.3 Å². The van der Waals surface area contributed by atoms with Crippen LogP contribution in [-0.2, 0) is 73.4 Å². The first-order valence-corrected chi connectivity index (χ1v) is 26.0. The van der Waals surface area contributed by atoms with Gasteiger partial charge in [-0.25, -0.2) is 19.2 Å². The first-order chi connectivity index (χ1) is 36.9. The van der Waals surface area contributed by atoms with Gasteiger partial charge >= 0.3 is 30.1 Å². The molecule has 0 aliphatic carbocycles. The highest BCUT2D eigenvalue weighted by Crippen LogP contribution is 2.14. The molecule has 79 heavy (non-hydrogen) atoms. The largest absolute Gasteiger partial charge is 0.480 e. The third kappa shape index (κ3) is 32.5. The molecule has 19 heteroatoms. The van der Waals surface area contributed by atoms with Gasteiger partial charge in [0.1, 0.15) is 41.3 Å². The molecule has 6 atom stereocenters. The number of carbonyl (C=O) groups excluding carboxylic acids is 7. The molecule has 9 N–H and O–H groups in total. The minimum absolute atomic E-state index is 0.00626. The summed E-state index contributed by atoms with van der Waals surface area (Å²) in [4.78, 5) is 92.6. The lowest BCUT2D eigenvalue weighted by molar-refractivity contribution is -0.155. The first-order valence-electron chi connectivity index (χ1n) is 26.0. The summed E-state index contributed by atoms with van der Waals surface area (Å²) in [7, 11) is 0. The second-order valence-electron chi connectivity index (χ2n) is 20.5. The summed E-state index contributed by atoms with van der Waals surface area (Å²) in [6.45, 7) is 17.6. The zero-order valence-corrected chi connectivity index (χ0v) is 47.5. The van der Waals surface area contributed by atoms with E-state index in [1.807, 2.05) is 103 Å². The molecule has 4 aromatic rings. The average Bonchev–Trinajstić information content (AvgIpc) is 3.37. The number of hydrogen-bond donors (Lipinski definition) is 7. The van der Waals surface area contributed by atoms with Crippen LogP contribution in [-0.4, -0.2) is 111 Å². The number of aliphatic hydroxyl groups excluding tert-OH is 1. The number of aryl methyl sites for hydroxylation is 4. The van der Waals surface area contributed by atoms with E-state index in [2.05, 4.69) is 10.6 Å². The van der Waals surface area contributed by atoms with Gasteiger partial charge in [-0.05, 0) is 143 Å². The monoisotopic (exact) mass is 1100 g/mol. The molecule has 4 aromatic carbocycles. The zero-order chi connectivity index (χ0) is 59.9. The third-order valence-corrected chi connectivity index (χ3v) is 11.1.